The number of aromatic nitrogens is 6. The average molecular weight is 1730 g/mol. The topological polar surface area (TPSA) is 69.0 Å². The van der Waals surface area contributed by atoms with Crippen molar-refractivity contribution >= 4 is 164 Å². The highest BCUT2D eigenvalue weighted by Crippen LogP contribution is 2.46. The molecule has 9 heterocycles. The van der Waals surface area contributed by atoms with E-state index < -0.39 is 0 Å². The van der Waals surface area contributed by atoms with E-state index in [-0.39, 0.29) is 0 Å². The van der Waals surface area contributed by atoms with Gasteiger partial charge < -0.3 is 40.7 Å². The smallest absolute Gasteiger partial charge is 0.135 e. The van der Waals surface area contributed by atoms with E-state index in [1.807, 2.05) is 42.5 Å². The summed E-state index contributed by atoms with van der Waals surface area (Å²) in [5.74, 6) is 1.77. The van der Waals surface area contributed by atoms with E-state index in [1.165, 1.54) is 181 Å². The summed E-state index contributed by atoms with van der Waals surface area (Å²) < 4.78 is 32.2. The molecule has 0 radical (unpaired) electrons. The van der Waals surface area contributed by atoms with Crippen LogP contribution in [0.1, 0.15) is 0 Å². The molecule has 0 aliphatic rings. The van der Waals surface area contributed by atoms with Gasteiger partial charge >= 0.3 is 0 Å². The lowest BCUT2D eigenvalue weighted by Crippen LogP contribution is -1.93. The lowest BCUT2D eigenvalue weighted by Gasteiger charge is -2.10. The molecular weight excluding hydrogens is 1650 g/mol. The van der Waals surface area contributed by atoms with Crippen molar-refractivity contribution in [3.05, 3.63) is 486 Å². The molecule has 9 nitrogen and oxygen atoms in total. The Labute approximate surface area is 774 Å². The zero-order valence-electron chi connectivity index (χ0n) is 73.1. The van der Waals surface area contributed by atoms with Gasteiger partial charge in [0.15, 0.2) is 0 Å². The van der Waals surface area contributed by atoms with Gasteiger partial charge in [-0.3, -0.25) is 0 Å². The van der Waals surface area contributed by atoms with Crippen LogP contribution in [0, 0.1) is 0 Å². The van der Waals surface area contributed by atoms with E-state index >= 15 is 0 Å². The molecular formula is C126H80N6O3. The lowest BCUT2D eigenvalue weighted by molar-refractivity contribution is 0.616. The molecule has 0 spiro atoms. The number of fused-ring (bicyclic) bond motifs is 21. The van der Waals surface area contributed by atoms with Crippen LogP contribution in [0.15, 0.2) is 499 Å². The first kappa shape index (κ1) is 76.8. The maximum atomic E-state index is 6.24. The third-order valence-electron chi connectivity index (χ3n) is 27.4. The summed E-state index contributed by atoms with van der Waals surface area (Å²) in [6, 6.07) is 172. The molecule has 20 aromatic carbocycles. The van der Waals surface area contributed by atoms with Gasteiger partial charge in [-0.05, 0) is 264 Å². The molecule has 0 fully saturated rings. The fourth-order valence-electron chi connectivity index (χ4n) is 21.2. The molecule has 0 saturated heterocycles. The number of furan rings is 3. The van der Waals surface area contributed by atoms with Crippen molar-refractivity contribution in [1.29, 1.82) is 0 Å². The van der Waals surface area contributed by atoms with Gasteiger partial charge in [0.05, 0.1) is 72.5 Å². The van der Waals surface area contributed by atoms with Crippen LogP contribution < -0.4 is 0 Å². The Morgan fingerprint density at radius 1 is 0.133 bits per heavy atom. The van der Waals surface area contributed by atoms with E-state index in [2.05, 4.69) is 464 Å². The van der Waals surface area contributed by atoms with E-state index in [0.717, 1.165) is 72.6 Å². The van der Waals surface area contributed by atoms with E-state index in [1.54, 1.807) is 6.26 Å². The van der Waals surface area contributed by atoms with Crippen LogP contribution in [-0.4, -0.2) is 27.4 Å². The Morgan fingerprint density at radius 3 is 0.719 bits per heavy atom. The molecule has 0 N–H and O–H groups in total. The monoisotopic (exact) mass is 1720 g/mol. The fraction of sp³-hybridized carbons (Fsp3) is 0. The highest BCUT2D eigenvalue weighted by Gasteiger charge is 2.24. The Kier molecular flexibility index (Phi) is 17.8. The second kappa shape index (κ2) is 31.3. The summed E-state index contributed by atoms with van der Waals surface area (Å²) in [4.78, 5) is 0. The highest BCUT2D eigenvalue weighted by molar-refractivity contribution is 6.17. The molecule has 0 unspecified atom stereocenters. The predicted octanol–water partition coefficient (Wildman–Crippen LogP) is 34.2. The summed E-state index contributed by atoms with van der Waals surface area (Å²) in [6.07, 6.45) is 1.75. The fourth-order valence-corrected chi connectivity index (χ4v) is 21.2. The van der Waals surface area contributed by atoms with Crippen LogP contribution in [0.25, 0.3) is 254 Å². The molecule has 29 aromatic rings. The molecule has 0 aliphatic carbocycles. The van der Waals surface area contributed by atoms with Crippen molar-refractivity contribution < 1.29 is 13.3 Å². The number of hydrogen-bond acceptors (Lipinski definition) is 3. The maximum Gasteiger partial charge on any atom is 0.135 e. The Balaban J connectivity index is 0.000000103. The normalized spacial score (nSPS) is 11.9. The molecule has 9 aromatic heterocycles. The molecule has 0 amide bonds. The first-order valence-corrected chi connectivity index (χ1v) is 46.0. The number of nitrogens with zero attached hydrogens (tertiary/aromatic N) is 6. The van der Waals surface area contributed by atoms with E-state index in [0.29, 0.717) is 0 Å². The Bertz CT molecular complexity index is 9720. The minimum absolute atomic E-state index is 0.883. The van der Waals surface area contributed by atoms with Gasteiger partial charge in [-0.2, -0.15) is 0 Å². The summed E-state index contributed by atoms with van der Waals surface area (Å²) in [5, 5.41) is 18.3. The minimum atomic E-state index is 0.883. The highest BCUT2D eigenvalue weighted by atomic mass is 16.3. The summed E-state index contributed by atoms with van der Waals surface area (Å²) in [5.41, 5.74) is 33.4. The zero-order valence-corrected chi connectivity index (χ0v) is 73.1. The minimum Gasteiger partial charge on any atom is -0.464 e. The Hall–Kier alpha value is -18.2. The van der Waals surface area contributed by atoms with Crippen molar-refractivity contribution in [2.45, 2.75) is 0 Å². The summed E-state index contributed by atoms with van der Waals surface area (Å²) in [6.45, 7) is 0. The standard InChI is InChI=1S/2C44H28N2O.C38H24N2O/c1-3-11-29(12-4-1)44-28-32-25-34(21-24-43(32)47-44)46-40-18-10-8-16-36(40)38-27-31(20-23-42(38)46)30-19-22-41-37(26-30)35-15-7-9-17-39(35)45(41)33-13-5-2-6-14-33;1-2-11-33(12-3-1)45-39-15-7-5-13-35(39)37-26-30(20-24-41(37)45)31-21-25-42-38(27-31)36-14-6-8-16-40(36)46(42)34-22-18-29(19-23-34)44-28-32-10-4-9-17-43(32)47-44;1-2-8-28(9-3-1)39-34-12-6-4-10-30(34)32-23-25(14-17-36(32)39)26-15-18-37-33(24-26)31-11-5-7-13-35(31)40(37)29-16-19-38-27(22-29)20-21-41-38/h2*1-28H;1-24H. The lowest BCUT2D eigenvalue weighted by atomic mass is 10.0. The molecule has 135 heavy (non-hydrogen) atoms. The largest absolute Gasteiger partial charge is 0.464 e. The van der Waals surface area contributed by atoms with Crippen LogP contribution >= 0.6 is 0 Å². The van der Waals surface area contributed by atoms with Gasteiger partial charge in [-0.15, -0.1) is 0 Å². The molecule has 632 valence electrons. The van der Waals surface area contributed by atoms with Crippen molar-refractivity contribution in [2.75, 3.05) is 0 Å². The third-order valence-corrected chi connectivity index (χ3v) is 27.4. The van der Waals surface area contributed by atoms with Gasteiger partial charge in [0.25, 0.3) is 0 Å². The first-order valence-electron chi connectivity index (χ1n) is 46.0. The van der Waals surface area contributed by atoms with Crippen LogP contribution in [0.3, 0.4) is 0 Å². The van der Waals surface area contributed by atoms with Gasteiger partial charge in [0, 0.05) is 126 Å². The van der Waals surface area contributed by atoms with Gasteiger partial charge in [-0.25, -0.2) is 0 Å². The van der Waals surface area contributed by atoms with Crippen molar-refractivity contribution in [1.82, 2.24) is 27.4 Å². The van der Waals surface area contributed by atoms with Crippen LogP contribution in [0.5, 0.6) is 0 Å². The van der Waals surface area contributed by atoms with Crippen LogP contribution in [-0.2, 0) is 0 Å². The van der Waals surface area contributed by atoms with Crippen LogP contribution in [0.2, 0.25) is 0 Å². The molecule has 0 atom stereocenters. The Morgan fingerprint density at radius 2 is 0.370 bits per heavy atom. The molecule has 29 rings (SSSR count). The van der Waals surface area contributed by atoms with Crippen molar-refractivity contribution in [2.24, 2.45) is 0 Å². The third kappa shape index (κ3) is 12.8. The number of para-hydroxylation sites is 10. The number of rotatable bonds is 11. The second-order valence-corrected chi connectivity index (χ2v) is 35.1. The van der Waals surface area contributed by atoms with Crippen molar-refractivity contribution in [3.8, 4) is 90.2 Å². The van der Waals surface area contributed by atoms with E-state index in [9.17, 15) is 0 Å². The molecule has 0 bridgehead atoms. The summed E-state index contributed by atoms with van der Waals surface area (Å²) in [7, 11) is 0. The molecule has 9 heteroatoms. The SMILES string of the molecule is c1ccc(-c2cc3cc(-n4c5ccccc5c5cc(-c6ccc7c(c6)c6ccccc6n7-c6ccccc6)ccc54)ccc3o2)cc1.c1ccc(-n2c3ccccc3c3cc(-c4ccc5c(c4)c4ccccc4n5-c4ccc(-c5cc6ccccc6o5)cc4)ccc32)cc1.c1ccc(-n2c3ccccc3c3cc(-c4ccc5c(c4)c4ccccc4n5-c4ccc5occc5c4)ccc32)cc1. The van der Waals surface area contributed by atoms with Gasteiger partial charge in [0.2, 0.25) is 0 Å². The summed E-state index contributed by atoms with van der Waals surface area (Å²) >= 11 is 0. The van der Waals surface area contributed by atoms with Crippen molar-refractivity contribution in [3.63, 3.8) is 0 Å². The van der Waals surface area contributed by atoms with Gasteiger partial charge in [-0.1, -0.05) is 249 Å². The molecule has 0 saturated carbocycles. The van der Waals surface area contributed by atoms with Crippen LogP contribution in [0.4, 0.5) is 0 Å². The maximum absolute atomic E-state index is 6.24. The average Bonchev–Trinajstić information content (AvgIpc) is 1.63. The van der Waals surface area contributed by atoms with E-state index in [4.69, 9.17) is 13.3 Å². The molecule has 0 aliphatic heterocycles. The number of hydrogen-bond donors (Lipinski definition) is 0. The second-order valence-electron chi connectivity index (χ2n) is 35.1. The van der Waals surface area contributed by atoms with Gasteiger partial charge in [0.1, 0.15) is 28.3 Å². The first-order chi connectivity index (χ1) is 66.9. The number of benzene rings is 20. The zero-order chi connectivity index (χ0) is 88.7. The quantitative estimate of drug-likeness (QED) is 0.130. The predicted molar refractivity (Wildman–Crippen MR) is 562 cm³/mol.